The highest BCUT2D eigenvalue weighted by atomic mass is 19.1. The summed E-state index contributed by atoms with van der Waals surface area (Å²) in [7, 11) is 1.63. The molecule has 0 unspecified atom stereocenters. The highest BCUT2D eigenvalue weighted by molar-refractivity contribution is 5.88. The minimum Gasteiger partial charge on any atom is -0.459 e. The molecule has 7 heteroatoms. The van der Waals surface area contributed by atoms with Crippen molar-refractivity contribution in [2.24, 2.45) is 0 Å². The van der Waals surface area contributed by atoms with Gasteiger partial charge in [-0.3, -0.25) is 10.1 Å². The third-order valence-electron chi connectivity index (χ3n) is 3.78. The molecule has 0 spiro atoms. The number of methoxy groups -OCH3 is 1. The summed E-state index contributed by atoms with van der Waals surface area (Å²) in [6.45, 7) is 0. The van der Waals surface area contributed by atoms with Gasteiger partial charge in [0, 0.05) is 19.6 Å². The molecule has 0 radical (unpaired) electrons. The molecule has 23 heavy (non-hydrogen) atoms. The summed E-state index contributed by atoms with van der Waals surface area (Å²) in [5.41, 5.74) is -0.252. The molecule has 0 amide bonds. The summed E-state index contributed by atoms with van der Waals surface area (Å²) in [6.07, 6.45) is 5.54. The van der Waals surface area contributed by atoms with Crippen LogP contribution in [-0.4, -0.2) is 30.2 Å². The molecule has 124 valence electrons. The molecule has 0 saturated heterocycles. The number of carbonyl (C=O) groups is 1. The number of nitro groups is 1. The molecule has 1 aromatic rings. The monoisotopic (exact) mass is 323 g/mol. The largest absolute Gasteiger partial charge is 0.459 e. The molecule has 1 fully saturated rings. The van der Waals surface area contributed by atoms with Crippen molar-refractivity contribution in [3.8, 4) is 0 Å². The fraction of sp³-hybridized carbons (Fsp3) is 0.438. The molecule has 1 aromatic carbocycles. The number of carbonyl (C=O) groups excluding carboxylic acids is 1. The summed E-state index contributed by atoms with van der Waals surface area (Å²) < 4.78 is 23.6. The maximum absolute atomic E-state index is 13.1. The molecule has 1 saturated carbocycles. The van der Waals surface area contributed by atoms with Crippen LogP contribution in [-0.2, 0) is 14.3 Å². The number of hydrogen-bond acceptors (Lipinski definition) is 5. The van der Waals surface area contributed by atoms with Gasteiger partial charge in [-0.1, -0.05) is 0 Å². The fourth-order valence-electron chi connectivity index (χ4n) is 2.60. The molecule has 0 bridgehead atoms. The second-order valence-electron chi connectivity index (χ2n) is 5.38. The number of halogens is 1. The van der Waals surface area contributed by atoms with Gasteiger partial charge < -0.3 is 9.47 Å². The second kappa shape index (κ2) is 7.82. The maximum Gasteiger partial charge on any atom is 0.331 e. The standard InChI is InChI=1S/C16H18FNO5/c1-22-13-3-2-4-14(10-13)23-16(19)8-6-11-5-7-12(17)9-15(11)18(20)21/h5-9,13-14H,2-4,10H2,1H3/b8-6-/t13-,14+/m1/s1. The van der Waals surface area contributed by atoms with Gasteiger partial charge in [0.1, 0.15) is 11.9 Å². The number of hydrogen-bond donors (Lipinski definition) is 0. The van der Waals surface area contributed by atoms with Crippen LogP contribution in [0.25, 0.3) is 6.08 Å². The molecular formula is C16H18FNO5. The first-order valence-corrected chi connectivity index (χ1v) is 7.35. The molecule has 6 nitrogen and oxygen atoms in total. The predicted octanol–water partition coefficient (Wildman–Crippen LogP) is 3.25. The lowest BCUT2D eigenvalue weighted by Gasteiger charge is -2.27. The lowest BCUT2D eigenvalue weighted by atomic mass is 9.95. The Hall–Kier alpha value is -2.28. The molecule has 0 heterocycles. The lowest BCUT2D eigenvalue weighted by molar-refractivity contribution is -0.385. The van der Waals surface area contributed by atoms with Gasteiger partial charge in [-0.25, -0.2) is 9.18 Å². The van der Waals surface area contributed by atoms with Crippen LogP contribution in [0, 0.1) is 15.9 Å². The van der Waals surface area contributed by atoms with Gasteiger partial charge in [0.15, 0.2) is 0 Å². The zero-order chi connectivity index (χ0) is 16.8. The highest BCUT2D eigenvalue weighted by Gasteiger charge is 2.24. The van der Waals surface area contributed by atoms with Gasteiger partial charge in [0.2, 0.25) is 0 Å². The zero-order valence-electron chi connectivity index (χ0n) is 12.7. The Morgan fingerprint density at radius 3 is 2.83 bits per heavy atom. The van der Waals surface area contributed by atoms with Crippen molar-refractivity contribution < 1.29 is 23.6 Å². The molecule has 1 aliphatic rings. The number of esters is 1. The predicted molar refractivity (Wildman–Crippen MR) is 81.2 cm³/mol. The van der Waals surface area contributed by atoms with E-state index >= 15 is 0 Å². The summed E-state index contributed by atoms with van der Waals surface area (Å²) >= 11 is 0. The SMILES string of the molecule is CO[C@@H]1CCC[C@H](OC(=O)/C=C\c2ccc(F)cc2[N+](=O)[O-])C1. The van der Waals surface area contributed by atoms with Gasteiger partial charge >= 0.3 is 5.97 Å². The summed E-state index contributed by atoms with van der Waals surface area (Å²) in [5.74, 6) is -1.28. The van der Waals surface area contributed by atoms with Crippen molar-refractivity contribution >= 4 is 17.7 Å². The molecule has 0 N–H and O–H groups in total. The first-order valence-electron chi connectivity index (χ1n) is 7.35. The molecule has 1 aliphatic carbocycles. The Labute approximate surface area is 133 Å². The van der Waals surface area contributed by atoms with E-state index in [1.165, 1.54) is 12.1 Å². The van der Waals surface area contributed by atoms with E-state index in [4.69, 9.17) is 9.47 Å². The minimum absolute atomic E-state index is 0.0868. The number of nitro benzene ring substituents is 1. The van der Waals surface area contributed by atoms with Crippen molar-refractivity contribution in [2.45, 2.75) is 37.9 Å². The number of nitrogens with zero attached hydrogens (tertiary/aromatic N) is 1. The van der Waals surface area contributed by atoms with Crippen LogP contribution in [0.1, 0.15) is 31.2 Å². The van der Waals surface area contributed by atoms with E-state index < -0.39 is 22.4 Å². The van der Waals surface area contributed by atoms with Gasteiger partial charge in [-0.05, 0) is 37.5 Å². The first kappa shape index (κ1) is 17.1. The number of ether oxygens (including phenoxy) is 2. The van der Waals surface area contributed by atoms with Gasteiger partial charge in [0.25, 0.3) is 5.69 Å². The molecular weight excluding hydrogens is 305 g/mol. The zero-order valence-corrected chi connectivity index (χ0v) is 12.7. The van der Waals surface area contributed by atoms with Crippen LogP contribution >= 0.6 is 0 Å². The average molecular weight is 323 g/mol. The van der Waals surface area contributed by atoms with Crippen molar-refractivity contribution in [1.29, 1.82) is 0 Å². The summed E-state index contributed by atoms with van der Waals surface area (Å²) in [6, 6.07) is 3.16. The Bertz CT molecular complexity index is 616. The van der Waals surface area contributed by atoms with E-state index in [0.29, 0.717) is 6.42 Å². The Balaban J connectivity index is 2.00. The van der Waals surface area contributed by atoms with Crippen LogP contribution in [0.15, 0.2) is 24.3 Å². The molecule has 0 aromatic heterocycles. The topological polar surface area (TPSA) is 78.7 Å². The van der Waals surface area contributed by atoms with E-state index in [0.717, 1.165) is 37.5 Å². The van der Waals surface area contributed by atoms with Crippen LogP contribution in [0.3, 0.4) is 0 Å². The third kappa shape index (κ3) is 4.85. The molecule has 2 rings (SSSR count). The van der Waals surface area contributed by atoms with Crippen LogP contribution < -0.4 is 0 Å². The Kier molecular flexibility index (Phi) is 5.81. The summed E-state index contributed by atoms with van der Waals surface area (Å²) in [4.78, 5) is 22.0. The second-order valence-corrected chi connectivity index (χ2v) is 5.38. The third-order valence-corrected chi connectivity index (χ3v) is 3.78. The highest BCUT2D eigenvalue weighted by Crippen LogP contribution is 2.24. The van der Waals surface area contributed by atoms with E-state index in [1.807, 2.05) is 0 Å². The van der Waals surface area contributed by atoms with Crippen molar-refractivity contribution in [3.63, 3.8) is 0 Å². The van der Waals surface area contributed by atoms with E-state index in [2.05, 4.69) is 0 Å². The minimum atomic E-state index is -0.704. The molecule has 0 aliphatic heterocycles. The normalized spacial score (nSPS) is 21.3. The average Bonchev–Trinajstić information content (AvgIpc) is 2.53. The van der Waals surface area contributed by atoms with Gasteiger partial charge in [-0.2, -0.15) is 0 Å². The van der Waals surface area contributed by atoms with E-state index in [9.17, 15) is 19.3 Å². The van der Waals surface area contributed by atoms with Crippen LogP contribution in [0.2, 0.25) is 0 Å². The van der Waals surface area contributed by atoms with E-state index in [1.54, 1.807) is 7.11 Å². The van der Waals surface area contributed by atoms with Gasteiger partial charge in [-0.15, -0.1) is 0 Å². The quantitative estimate of drug-likeness (QED) is 0.360. The smallest absolute Gasteiger partial charge is 0.331 e. The van der Waals surface area contributed by atoms with Crippen LogP contribution in [0.4, 0.5) is 10.1 Å². The lowest BCUT2D eigenvalue weighted by Crippen LogP contribution is -2.28. The van der Waals surface area contributed by atoms with Crippen molar-refractivity contribution in [1.82, 2.24) is 0 Å². The van der Waals surface area contributed by atoms with E-state index in [-0.39, 0.29) is 17.8 Å². The number of benzene rings is 1. The summed E-state index contributed by atoms with van der Waals surface area (Å²) in [5, 5.41) is 10.9. The molecule has 2 atom stereocenters. The fourth-order valence-corrected chi connectivity index (χ4v) is 2.60. The Morgan fingerprint density at radius 2 is 2.13 bits per heavy atom. The maximum atomic E-state index is 13.1. The van der Waals surface area contributed by atoms with Crippen molar-refractivity contribution in [3.05, 3.63) is 45.8 Å². The number of rotatable bonds is 5. The van der Waals surface area contributed by atoms with Crippen LogP contribution in [0.5, 0.6) is 0 Å². The first-order chi connectivity index (χ1) is 11.0. The van der Waals surface area contributed by atoms with Crippen molar-refractivity contribution in [2.75, 3.05) is 7.11 Å². The van der Waals surface area contributed by atoms with Gasteiger partial charge in [0.05, 0.1) is 22.7 Å². The Morgan fingerprint density at radius 1 is 1.39 bits per heavy atom.